The first-order valence-electron chi connectivity index (χ1n) is 11.3. The summed E-state index contributed by atoms with van der Waals surface area (Å²) in [6, 6.07) is 8.36. The molecule has 1 aromatic heterocycles. The molecule has 7 nitrogen and oxygen atoms in total. The minimum atomic E-state index is -4.74. The molecule has 0 bridgehead atoms. The van der Waals surface area contributed by atoms with E-state index >= 15 is 0 Å². The van der Waals surface area contributed by atoms with Gasteiger partial charge in [-0.1, -0.05) is 6.07 Å². The molecule has 0 saturated carbocycles. The van der Waals surface area contributed by atoms with Crippen LogP contribution in [-0.4, -0.2) is 76.4 Å². The molecule has 4 rings (SSSR count). The van der Waals surface area contributed by atoms with Crippen LogP contribution in [0.25, 0.3) is 0 Å². The Bertz CT molecular complexity index is 1220. The minimum Gasteiger partial charge on any atom is -0.335 e. The summed E-state index contributed by atoms with van der Waals surface area (Å²) in [6.45, 7) is 6.85. The third-order valence-corrected chi connectivity index (χ3v) is 7.80. The number of hydrogen-bond acceptors (Lipinski definition) is 6. The Balaban J connectivity index is 1.44. The van der Waals surface area contributed by atoms with Crippen molar-refractivity contribution in [3.05, 3.63) is 51.7 Å². The number of nitrogens with zero attached hydrogens (tertiary/aromatic N) is 5. The van der Waals surface area contributed by atoms with Gasteiger partial charge in [0, 0.05) is 39.3 Å². The van der Waals surface area contributed by atoms with Crippen LogP contribution in [0.4, 0.5) is 18.9 Å². The quantitative estimate of drug-likeness (QED) is 0.543. The molecular formula is C24H24F3N5O2S2. The Morgan fingerprint density at radius 1 is 1.17 bits per heavy atom. The van der Waals surface area contributed by atoms with E-state index in [1.54, 1.807) is 24.8 Å². The van der Waals surface area contributed by atoms with E-state index in [-0.39, 0.29) is 16.7 Å². The summed E-state index contributed by atoms with van der Waals surface area (Å²) >= 11 is 6.96. The van der Waals surface area contributed by atoms with Crippen molar-refractivity contribution in [2.24, 2.45) is 0 Å². The zero-order valence-electron chi connectivity index (χ0n) is 19.7. The highest BCUT2D eigenvalue weighted by Crippen LogP contribution is 2.37. The monoisotopic (exact) mass is 535 g/mol. The zero-order valence-corrected chi connectivity index (χ0v) is 21.3. The number of thiocarbonyl (C=S) groups is 1. The number of halogens is 3. The highest BCUT2D eigenvalue weighted by Gasteiger charge is 2.49. The molecule has 0 atom stereocenters. The minimum absolute atomic E-state index is 0.0207. The number of piperazine rings is 1. The van der Waals surface area contributed by atoms with Gasteiger partial charge in [-0.2, -0.15) is 18.4 Å². The third kappa shape index (κ3) is 4.83. The van der Waals surface area contributed by atoms with E-state index in [9.17, 15) is 22.8 Å². The van der Waals surface area contributed by atoms with Gasteiger partial charge in [0.2, 0.25) is 0 Å². The Kier molecular flexibility index (Phi) is 7.10. The molecule has 2 saturated heterocycles. The Labute approximate surface area is 216 Å². The molecule has 2 aliphatic heterocycles. The van der Waals surface area contributed by atoms with Gasteiger partial charge in [0.1, 0.15) is 5.54 Å². The third-order valence-electron chi connectivity index (χ3n) is 6.54. The molecule has 0 N–H and O–H groups in total. The number of hydrogen-bond donors (Lipinski definition) is 0. The first-order chi connectivity index (χ1) is 16.9. The van der Waals surface area contributed by atoms with Crippen LogP contribution in [0.15, 0.2) is 35.7 Å². The summed E-state index contributed by atoms with van der Waals surface area (Å²) < 4.78 is 40.4. The van der Waals surface area contributed by atoms with Crippen LogP contribution in [0.1, 0.15) is 34.6 Å². The van der Waals surface area contributed by atoms with E-state index in [1.807, 2.05) is 22.4 Å². The largest absolute Gasteiger partial charge is 0.417 e. The van der Waals surface area contributed by atoms with E-state index in [0.717, 1.165) is 17.0 Å². The molecule has 0 radical (unpaired) electrons. The average molecular weight is 536 g/mol. The van der Waals surface area contributed by atoms with Crippen molar-refractivity contribution in [3.8, 4) is 6.07 Å². The zero-order chi connectivity index (χ0) is 26.3. The molecule has 36 heavy (non-hydrogen) atoms. The Morgan fingerprint density at radius 3 is 2.44 bits per heavy atom. The van der Waals surface area contributed by atoms with Gasteiger partial charge in [0.15, 0.2) is 5.11 Å². The Morgan fingerprint density at radius 2 is 1.86 bits per heavy atom. The summed E-state index contributed by atoms with van der Waals surface area (Å²) in [5.41, 5.74) is -2.70. The fraction of sp³-hybridized carbons (Fsp3) is 0.417. The van der Waals surface area contributed by atoms with Crippen molar-refractivity contribution in [2.45, 2.75) is 25.6 Å². The normalized spacial score (nSPS) is 18.6. The van der Waals surface area contributed by atoms with Gasteiger partial charge in [0.25, 0.3) is 11.8 Å². The van der Waals surface area contributed by atoms with Crippen molar-refractivity contribution >= 4 is 46.2 Å². The Hall–Kier alpha value is -3.01. The van der Waals surface area contributed by atoms with Gasteiger partial charge in [-0.3, -0.25) is 19.4 Å². The predicted molar refractivity (Wildman–Crippen MR) is 134 cm³/mol. The van der Waals surface area contributed by atoms with Crippen molar-refractivity contribution in [3.63, 3.8) is 0 Å². The molecule has 2 amide bonds. The number of amides is 2. The summed E-state index contributed by atoms with van der Waals surface area (Å²) in [5, 5.41) is 11.1. The summed E-state index contributed by atoms with van der Waals surface area (Å²) in [4.78, 5) is 33.3. The molecule has 2 aromatic rings. The summed E-state index contributed by atoms with van der Waals surface area (Å²) in [7, 11) is 0. The van der Waals surface area contributed by atoms with Crippen molar-refractivity contribution in [1.82, 2.24) is 14.7 Å². The second-order valence-electron chi connectivity index (χ2n) is 9.08. The highest BCUT2D eigenvalue weighted by molar-refractivity contribution is 7.80. The lowest BCUT2D eigenvalue weighted by molar-refractivity contribution is -0.137. The standard InChI is InChI=1S/C24H24F3N5O2S2/c1-23(2)21(34)32(17-6-5-16(15-28)18(14-17)24(25,26)27)22(35)31(23)12-9-29-7-10-30(11-8-29)20(33)19-4-3-13-36-19/h3-6,13-14H,7-12H2,1-2H3. The first kappa shape index (κ1) is 26.1. The molecule has 1 aromatic carbocycles. The van der Waals surface area contributed by atoms with Gasteiger partial charge in [0.05, 0.1) is 27.8 Å². The number of benzene rings is 1. The maximum atomic E-state index is 13.5. The van der Waals surface area contributed by atoms with Gasteiger partial charge < -0.3 is 9.80 Å². The van der Waals surface area contributed by atoms with Crippen LogP contribution >= 0.6 is 23.6 Å². The number of carbonyl (C=O) groups is 2. The molecule has 0 aliphatic carbocycles. The van der Waals surface area contributed by atoms with E-state index in [2.05, 4.69) is 4.90 Å². The van der Waals surface area contributed by atoms with E-state index < -0.39 is 28.7 Å². The average Bonchev–Trinajstić information content (AvgIpc) is 3.43. The van der Waals surface area contributed by atoms with Crippen LogP contribution in [0.5, 0.6) is 0 Å². The van der Waals surface area contributed by atoms with Crippen molar-refractivity contribution < 1.29 is 22.8 Å². The smallest absolute Gasteiger partial charge is 0.335 e. The van der Waals surface area contributed by atoms with Crippen LogP contribution in [0.3, 0.4) is 0 Å². The number of thiophene rings is 1. The number of anilines is 1. The topological polar surface area (TPSA) is 70.9 Å². The lowest BCUT2D eigenvalue weighted by Gasteiger charge is -2.37. The lowest BCUT2D eigenvalue weighted by atomic mass is 10.0. The molecule has 2 fully saturated rings. The van der Waals surface area contributed by atoms with Gasteiger partial charge in [-0.05, 0) is 55.7 Å². The molecule has 190 valence electrons. The van der Waals surface area contributed by atoms with Crippen LogP contribution in [-0.2, 0) is 11.0 Å². The molecule has 0 spiro atoms. The lowest BCUT2D eigenvalue weighted by Crippen LogP contribution is -2.52. The SMILES string of the molecule is CC1(C)C(=O)N(c2ccc(C#N)c(C(F)(F)F)c2)C(=S)N1CCN1CCN(C(=O)c2cccs2)CC1. The molecular weight excluding hydrogens is 511 g/mol. The molecule has 0 unspecified atom stereocenters. The van der Waals surface area contributed by atoms with Crippen LogP contribution in [0, 0.1) is 11.3 Å². The van der Waals surface area contributed by atoms with Crippen molar-refractivity contribution in [1.29, 1.82) is 5.26 Å². The second-order valence-corrected chi connectivity index (χ2v) is 10.4. The van der Waals surface area contributed by atoms with E-state index in [1.165, 1.54) is 17.4 Å². The highest BCUT2D eigenvalue weighted by atomic mass is 32.1. The second kappa shape index (κ2) is 9.80. The molecule has 12 heteroatoms. The maximum absolute atomic E-state index is 13.5. The molecule has 3 heterocycles. The van der Waals surface area contributed by atoms with E-state index in [4.69, 9.17) is 17.5 Å². The number of rotatable bonds is 5. The van der Waals surface area contributed by atoms with Gasteiger partial charge in [-0.15, -0.1) is 11.3 Å². The predicted octanol–water partition coefficient (Wildman–Crippen LogP) is 3.81. The fourth-order valence-electron chi connectivity index (χ4n) is 4.41. The summed E-state index contributed by atoms with van der Waals surface area (Å²) in [5.74, 6) is -0.412. The fourth-order valence-corrected chi connectivity index (χ4v) is 5.61. The summed E-state index contributed by atoms with van der Waals surface area (Å²) in [6.07, 6.45) is -4.74. The van der Waals surface area contributed by atoms with Crippen molar-refractivity contribution in [2.75, 3.05) is 44.2 Å². The first-order valence-corrected chi connectivity index (χ1v) is 12.6. The maximum Gasteiger partial charge on any atom is 0.417 e. The number of carbonyl (C=O) groups excluding carboxylic acids is 2. The number of nitriles is 1. The van der Waals surface area contributed by atoms with Gasteiger partial charge in [-0.25, -0.2) is 0 Å². The van der Waals surface area contributed by atoms with Gasteiger partial charge >= 0.3 is 6.18 Å². The van der Waals surface area contributed by atoms with Crippen LogP contribution in [0.2, 0.25) is 0 Å². The number of alkyl halides is 3. The van der Waals surface area contributed by atoms with E-state index in [0.29, 0.717) is 44.1 Å². The van der Waals surface area contributed by atoms with Crippen LogP contribution < -0.4 is 4.90 Å². The molecule has 2 aliphatic rings.